The number of halogens is 1. The predicted octanol–water partition coefficient (Wildman–Crippen LogP) is 2.49. The fourth-order valence-corrected chi connectivity index (χ4v) is 5.60. The Kier molecular flexibility index (Phi) is 5.53. The Morgan fingerprint density at radius 2 is 1.62 bits per heavy atom. The van der Waals surface area contributed by atoms with E-state index < -0.39 is 0 Å². The Labute approximate surface area is 219 Å². The fourth-order valence-electron chi connectivity index (χ4n) is 5.60. The summed E-state index contributed by atoms with van der Waals surface area (Å²) in [7, 11) is 4.99. The zero-order valence-corrected chi connectivity index (χ0v) is 21.4. The van der Waals surface area contributed by atoms with Crippen molar-refractivity contribution in [2.45, 2.75) is 13.0 Å². The van der Waals surface area contributed by atoms with Crippen molar-refractivity contribution in [1.29, 1.82) is 0 Å². The van der Waals surface area contributed by atoms with E-state index in [0.717, 1.165) is 63.5 Å². The van der Waals surface area contributed by atoms with E-state index in [0.29, 0.717) is 5.75 Å². The van der Waals surface area contributed by atoms with Crippen LogP contribution in [0.25, 0.3) is 32.4 Å². The number of pyridine rings is 1. The summed E-state index contributed by atoms with van der Waals surface area (Å²) in [6.45, 7) is 1.15. The van der Waals surface area contributed by atoms with Crippen LogP contribution < -0.4 is 46.0 Å². The molecule has 0 unspecified atom stereocenters. The van der Waals surface area contributed by atoms with E-state index in [1.807, 2.05) is 24.3 Å². The lowest BCUT2D eigenvalue weighted by Crippen LogP contribution is -3.00. The SMILES string of the molecule is COc1ccc(Nc2c(OC)ccc3c2c[n+]2c4c3ccc3c5c(cc(c34)CC2)OCO5)c(OC)c1.[Cl-]. The Bertz CT molecular complexity index is 1720. The minimum Gasteiger partial charge on any atom is -1.00 e. The highest BCUT2D eigenvalue weighted by Crippen LogP contribution is 2.46. The van der Waals surface area contributed by atoms with E-state index in [9.17, 15) is 0 Å². The minimum atomic E-state index is 0. The van der Waals surface area contributed by atoms with Crippen molar-refractivity contribution >= 4 is 43.8 Å². The Hall–Kier alpha value is -4.10. The molecule has 7 nitrogen and oxygen atoms in total. The molecule has 0 fully saturated rings. The lowest BCUT2D eigenvalue weighted by molar-refractivity contribution is -0.670. The van der Waals surface area contributed by atoms with Gasteiger partial charge < -0.3 is 41.4 Å². The third kappa shape index (κ3) is 3.38. The lowest BCUT2D eigenvalue weighted by atomic mass is 9.92. The van der Waals surface area contributed by atoms with Crippen LogP contribution in [0.3, 0.4) is 0 Å². The molecule has 8 heteroatoms. The maximum absolute atomic E-state index is 5.84. The monoisotopic (exact) mass is 516 g/mol. The number of hydrogen-bond donors (Lipinski definition) is 1. The number of aryl methyl sites for hydroxylation is 2. The molecular formula is C29H25ClN2O5. The van der Waals surface area contributed by atoms with Gasteiger partial charge in [0.15, 0.2) is 24.2 Å². The van der Waals surface area contributed by atoms with Crippen molar-refractivity contribution in [2.75, 3.05) is 33.4 Å². The molecule has 0 aliphatic carbocycles. The Morgan fingerprint density at radius 1 is 0.811 bits per heavy atom. The largest absolute Gasteiger partial charge is 1.00 e. The van der Waals surface area contributed by atoms with Gasteiger partial charge in [0.25, 0.3) is 0 Å². The molecule has 0 amide bonds. The summed E-state index contributed by atoms with van der Waals surface area (Å²) < 4.78 is 30.7. The maximum Gasteiger partial charge on any atom is 0.231 e. The standard InChI is InChI=1S/C29H24N2O5.ClH/c1-32-17-4-8-22(24(13-17)34-3)30-27-21-14-31-11-10-16-12-25-29(36-15-35-25)20-6-5-19(28(31)26(16)20)18(21)7-9-23(27)33-2;/h4-9,12-14H,10-11,15H2,1-3H3;1H. The molecule has 0 saturated heterocycles. The third-order valence-electron chi connectivity index (χ3n) is 7.27. The maximum atomic E-state index is 5.84. The second-order valence-electron chi connectivity index (χ2n) is 9.02. The summed E-state index contributed by atoms with van der Waals surface area (Å²) in [6, 6.07) is 16.4. The quantitative estimate of drug-likeness (QED) is 0.286. The zero-order valence-electron chi connectivity index (χ0n) is 20.7. The normalized spacial score (nSPS) is 13.2. The van der Waals surface area contributed by atoms with Crippen molar-refractivity contribution < 1.29 is 40.7 Å². The molecule has 1 aromatic heterocycles. The molecule has 188 valence electrons. The van der Waals surface area contributed by atoms with E-state index >= 15 is 0 Å². The van der Waals surface area contributed by atoms with Crippen LogP contribution in [-0.2, 0) is 13.0 Å². The van der Waals surface area contributed by atoms with Crippen LogP contribution >= 0.6 is 0 Å². The first-order valence-electron chi connectivity index (χ1n) is 11.9. The number of ether oxygens (including phenoxy) is 5. The Balaban J connectivity index is 0.00000252. The van der Waals surface area contributed by atoms with E-state index in [1.54, 1.807) is 21.3 Å². The first kappa shape index (κ1) is 23.3. The van der Waals surface area contributed by atoms with Gasteiger partial charge >= 0.3 is 0 Å². The number of anilines is 2. The molecule has 5 aromatic rings. The molecule has 4 aromatic carbocycles. The van der Waals surface area contributed by atoms with Gasteiger partial charge in [0, 0.05) is 23.3 Å². The molecule has 0 spiro atoms. The summed E-state index contributed by atoms with van der Waals surface area (Å²) in [4.78, 5) is 0. The summed E-state index contributed by atoms with van der Waals surface area (Å²) in [5.74, 6) is 3.86. The number of hydrogen-bond acceptors (Lipinski definition) is 6. The average molecular weight is 517 g/mol. The molecule has 0 atom stereocenters. The predicted molar refractivity (Wildman–Crippen MR) is 138 cm³/mol. The second-order valence-corrected chi connectivity index (χ2v) is 9.02. The highest BCUT2D eigenvalue weighted by Gasteiger charge is 2.29. The molecule has 2 aliphatic heterocycles. The van der Waals surface area contributed by atoms with Crippen LogP contribution in [0.1, 0.15) is 5.56 Å². The number of nitrogens with one attached hydrogen (secondary N) is 1. The van der Waals surface area contributed by atoms with E-state index in [2.05, 4.69) is 40.3 Å². The van der Waals surface area contributed by atoms with Gasteiger partial charge in [-0.1, -0.05) is 0 Å². The van der Waals surface area contributed by atoms with Gasteiger partial charge in [0.05, 0.1) is 48.9 Å². The molecule has 0 saturated carbocycles. The van der Waals surface area contributed by atoms with Crippen molar-refractivity contribution in [3.8, 4) is 28.7 Å². The van der Waals surface area contributed by atoms with Crippen LogP contribution in [0.4, 0.5) is 11.4 Å². The number of methoxy groups -OCH3 is 3. The number of rotatable bonds is 5. The smallest absolute Gasteiger partial charge is 0.231 e. The highest BCUT2D eigenvalue weighted by atomic mass is 35.5. The van der Waals surface area contributed by atoms with Crippen molar-refractivity contribution in [2.24, 2.45) is 0 Å². The first-order chi connectivity index (χ1) is 17.7. The minimum absolute atomic E-state index is 0. The number of aromatic nitrogens is 1. The Morgan fingerprint density at radius 3 is 2.43 bits per heavy atom. The molecular weight excluding hydrogens is 492 g/mol. The van der Waals surface area contributed by atoms with Gasteiger partial charge in [-0.15, -0.1) is 0 Å². The molecule has 0 radical (unpaired) electrons. The molecule has 37 heavy (non-hydrogen) atoms. The van der Waals surface area contributed by atoms with Gasteiger partial charge in [-0.05, 0) is 48.0 Å². The molecule has 7 rings (SSSR count). The van der Waals surface area contributed by atoms with Crippen LogP contribution in [-0.4, -0.2) is 28.1 Å². The van der Waals surface area contributed by atoms with Gasteiger partial charge in [-0.25, -0.2) is 0 Å². The van der Waals surface area contributed by atoms with Crippen LogP contribution in [0.2, 0.25) is 0 Å². The summed E-state index contributed by atoms with van der Waals surface area (Å²) in [6.07, 6.45) is 3.15. The first-order valence-corrected chi connectivity index (χ1v) is 11.9. The average Bonchev–Trinajstić information content (AvgIpc) is 3.40. The zero-order chi connectivity index (χ0) is 24.4. The van der Waals surface area contributed by atoms with Crippen LogP contribution in [0.15, 0.2) is 54.7 Å². The number of benzene rings is 4. The van der Waals surface area contributed by atoms with E-state index in [-0.39, 0.29) is 19.2 Å². The summed E-state index contributed by atoms with van der Waals surface area (Å²) in [5, 5.41) is 9.34. The van der Waals surface area contributed by atoms with Crippen molar-refractivity contribution in [1.82, 2.24) is 0 Å². The van der Waals surface area contributed by atoms with Gasteiger partial charge in [-0.3, -0.25) is 0 Å². The molecule has 0 bridgehead atoms. The fraction of sp³-hybridized carbons (Fsp3) is 0.207. The van der Waals surface area contributed by atoms with Gasteiger partial charge in [-0.2, -0.15) is 4.57 Å². The van der Waals surface area contributed by atoms with Gasteiger partial charge in [0.1, 0.15) is 17.2 Å². The topological polar surface area (TPSA) is 62.1 Å². The van der Waals surface area contributed by atoms with Crippen LogP contribution in [0, 0.1) is 0 Å². The third-order valence-corrected chi connectivity index (χ3v) is 7.27. The molecule has 3 heterocycles. The van der Waals surface area contributed by atoms with Gasteiger partial charge in [0.2, 0.25) is 12.3 Å². The van der Waals surface area contributed by atoms with Crippen molar-refractivity contribution in [3.63, 3.8) is 0 Å². The number of fused-ring (bicyclic) bond motifs is 4. The molecule has 1 N–H and O–H groups in total. The highest BCUT2D eigenvalue weighted by molar-refractivity contribution is 6.18. The summed E-state index contributed by atoms with van der Waals surface area (Å²) in [5.41, 5.74) is 4.24. The van der Waals surface area contributed by atoms with E-state index in [4.69, 9.17) is 23.7 Å². The van der Waals surface area contributed by atoms with Crippen LogP contribution in [0.5, 0.6) is 28.7 Å². The molecule has 2 aliphatic rings. The summed E-state index contributed by atoms with van der Waals surface area (Å²) >= 11 is 0. The number of nitrogens with zero attached hydrogens (tertiary/aromatic N) is 1. The second kappa shape index (κ2) is 8.78. The van der Waals surface area contributed by atoms with E-state index in [1.165, 1.54) is 21.9 Å². The lowest BCUT2D eigenvalue weighted by Gasteiger charge is -2.19. The van der Waals surface area contributed by atoms with Crippen molar-refractivity contribution in [3.05, 3.63) is 60.3 Å².